The Bertz CT molecular complexity index is 964. The first-order chi connectivity index (χ1) is 14.2. The molecule has 1 aliphatic rings. The second-order valence-electron chi connectivity index (χ2n) is 9.19. The second kappa shape index (κ2) is 9.21. The van der Waals surface area contributed by atoms with Crippen LogP contribution in [0.2, 0.25) is 0 Å². The maximum atomic E-state index is 12.9. The fourth-order valence-corrected chi connectivity index (χ4v) is 4.98. The van der Waals surface area contributed by atoms with Crippen LogP contribution in [-0.2, 0) is 10.8 Å². The van der Waals surface area contributed by atoms with Crippen LogP contribution in [0.3, 0.4) is 0 Å². The van der Waals surface area contributed by atoms with Crippen LogP contribution in [0.4, 0.5) is 11.4 Å². The summed E-state index contributed by atoms with van der Waals surface area (Å²) in [4.78, 5) is 17.3. The molecule has 1 aromatic heterocycles. The number of aromatic amines is 1. The van der Waals surface area contributed by atoms with Crippen LogP contribution in [0.25, 0.3) is 0 Å². The van der Waals surface area contributed by atoms with Crippen molar-refractivity contribution in [1.82, 2.24) is 4.98 Å². The molecule has 0 saturated heterocycles. The molecule has 5 nitrogen and oxygen atoms in total. The lowest BCUT2D eigenvalue weighted by atomic mass is 9.86. The summed E-state index contributed by atoms with van der Waals surface area (Å²) in [7, 11) is -1.41. The average molecular weight is 428 g/mol. The summed E-state index contributed by atoms with van der Waals surface area (Å²) in [6.45, 7) is 11.8. The first kappa shape index (κ1) is 22.3. The number of pyridine rings is 1. The summed E-state index contributed by atoms with van der Waals surface area (Å²) >= 11 is 0. The fourth-order valence-electron chi connectivity index (χ4n) is 3.93. The zero-order chi connectivity index (χ0) is 21.9. The highest BCUT2D eigenvalue weighted by molar-refractivity contribution is 7.85. The summed E-state index contributed by atoms with van der Waals surface area (Å²) in [6, 6.07) is 8.55. The lowest BCUT2D eigenvalue weighted by Crippen LogP contribution is -2.35. The predicted molar refractivity (Wildman–Crippen MR) is 125 cm³/mol. The molecule has 1 atom stereocenters. The SMILES string of the molecule is C=C(N(CC1CCCCC1)c1ccc(S(=O)c2ccc(=O)[nH]c2)cc1N)C(C)(C)C. The van der Waals surface area contributed by atoms with Crippen molar-refractivity contribution in [1.29, 1.82) is 0 Å². The van der Waals surface area contributed by atoms with Crippen molar-refractivity contribution in [3.05, 3.63) is 59.2 Å². The number of aromatic nitrogens is 1. The molecule has 0 bridgehead atoms. The molecule has 2 aromatic rings. The number of anilines is 2. The third-order valence-corrected chi connectivity index (χ3v) is 7.19. The number of hydrogen-bond donors (Lipinski definition) is 2. The summed E-state index contributed by atoms with van der Waals surface area (Å²) < 4.78 is 12.9. The summed E-state index contributed by atoms with van der Waals surface area (Å²) in [6.07, 6.45) is 7.86. The molecule has 1 heterocycles. The highest BCUT2D eigenvalue weighted by atomic mass is 32.2. The molecule has 0 radical (unpaired) electrons. The summed E-state index contributed by atoms with van der Waals surface area (Å²) in [5.74, 6) is 0.632. The predicted octanol–water partition coefficient (Wildman–Crippen LogP) is 5.07. The van der Waals surface area contributed by atoms with Gasteiger partial charge in [-0.05, 0) is 43.0 Å². The van der Waals surface area contributed by atoms with E-state index in [2.05, 4.69) is 37.2 Å². The van der Waals surface area contributed by atoms with Gasteiger partial charge in [-0.25, -0.2) is 4.21 Å². The maximum absolute atomic E-state index is 12.9. The van der Waals surface area contributed by atoms with Crippen LogP contribution in [-0.4, -0.2) is 15.7 Å². The Hall–Kier alpha value is -2.34. The van der Waals surface area contributed by atoms with Crippen molar-refractivity contribution in [3.8, 4) is 0 Å². The van der Waals surface area contributed by atoms with Crippen molar-refractivity contribution in [2.24, 2.45) is 11.3 Å². The number of hydrogen-bond acceptors (Lipinski definition) is 4. The van der Waals surface area contributed by atoms with Crippen LogP contribution in [0.5, 0.6) is 0 Å². The zero-order valence-electron chi connectivity index (χ0n) is 18.2. The molecular formula is C24H33N3O2S. The number of nitrogens with two attached hydrogens (primary N) is 1. The van der Waals surface area contributed by atoms with E-state index < -0.39 is 10.8 Å². The molecule has 0 aliphatic heterocycles. The Balaban J connectivity index is 1.91. The first-order valence-corrected chi connectivity index (χ1v) is 11.8. The van der Waals surface area contributed by atoms with Crippen molar-refractivity contribution in [2.45, 2.75) is 62.7 Å². The van der Waals surface area contributed by atoms with Gasteiger partial charge in [0.25, 0.3) is 0 Å². The smallest absolute Gasteiger partial charge is 0.247 e. The number of nitrogen functional groups attached to an aromatic ring is 1. The van der Waals surface area contributed by atoms with E-state index in [9.17, 15) is 9.00 Å². The standard InChI is InChI=1S/C24H33N3O2S/c1-17(24(2,3)4)27(16-18-8-6-5-7-9-18)22-12-10-19(14-21(22)25)30(29)20-11-13-23(28)26-15-20/h10-15,18H,1,5-9,16,25H2,2-4H3,(H,26,28). The number of nitrogens with one attached hydrogen (secondary N) is 1. The largest absolute Gasteiger partial charge is 0.397 e. The fraction of sp³-hybridized carbons (Fsp3) is 0.458. The van der Waals surface area contributed by atoms with Crippen LogP contribution in [0.1, 0.15) is 52.9 Å². The molecule has 1 unspecified atom stereocenters. The van der Waals surface area contributed by atoms with E-state index in [1.54, 1.807) is 12.1 Å². The van der Waals surface area contributed by atoms with Crippen molar-refractivity contribution in [2.75, 3.05) is 17.2 Å². The third-order valence-electron chi connectivity index (χ3n) is 5.83. The molecule has 1 aromatic carbocycles. The Kier molecular flexibility index (Phi) is 6.86. The van der Waals surface area contributed by atoms with Crippen LogP contribution >= 0.6 is 0 Å². The van der Waals surface area contributed by atoms with Crippen LogP contribution in [0.15, 0.2) is 63.4 Å². The number of H-pyrrole nitrogens is 1. The van der Waals surface area contributed by atoms with E-state index in [1.165, 1.54) is 44.4 Å². The van der Waals surface area contributed by atoms with Gasteiger partial charge < -0.3 is 15.6 Å². The van der Waals surface area contributed by atoms with Gasteiger partial charge in [0, 0.05) is 34.8 Å². The molecule has 162 valence electrons. The zero-order valence-corrected chi connectivity index (χ0v) is 19.1. The Labute approximate surface area is 181 Å². The normalized spacial score (nSPS) is 16.2. The molecule has 3 N–H and O–H groups in total. The molecule has 1 fully saturated rings. The van der Waals surface area contributed by atoms with E-state index in [-0.39, 0.29) is 11.0 Å². The van der Waals surface area contributed by atoms with E-state index in [4.69, 9.17) is 5.73 Å². The molecule has 1 aliphatic carbocycles. The minimum Gasteiger partial charge on any atom is -0.397 e. The van der Waals surface area contributed by atoms with Gasteiger partial charge in [-0.15, -0.1) is 0 Å². The Morgan fingerprint density at radius 3 is 2.40 bits per heavy atom. The lowest BCUT2D eigenvalue weighted by molar-refractivity contribution is 0.354. The van der Waals surface area contributed by atoms with Crippen molar-refractivity contribution in [3.63, 3.8) is 0 Å². The average Bonchev–Trinajstić information content (AvgIpc) is 2.72. The molecule has 1 saturated carbocycles. The monoisotopic (exact) mass is 427 g/mol. The molecule has 6 heteroatoms. The van der Waals surface area contributed by atoms with Gasteiger partial charge in [0.2, 0.25) is 5.56 Å². The van der Waals surface area contributed by atoms with E-state index in [1.807, 2.05) is 12.1 Å². The van der Waals surface area contributed by atoms with E-state index in [0.717, 1.165) is 17.9 Å². The lowest BCUT2D eigenvalue weighted by Gasteiger charge is -2.38. The van der Waals surface area contributed by atoms with Gasteiger partial charge in [-0.1, -0.05) is 46.6 Å². The summed E-state index contributed by atoms with van der Waals surface area (Å²) in [5.41, 5.74) is 8.72. The Morgan fingerprint density at radius 2 is 1.83 bits per heavy atom. The van der Waals surface area contributed by atoms with Crippen molar-refractivity contribution < 1.29 is 4.21 Å². The highest BCUT2D eigenvalue weighted by Gasteiger charge is 2.27. The molecule has 30 heavy (non-hydrogen) atoms. The molecule has 3 rings (SSSR count). The minimum absolute atomic E-state index is 0.0848. The number of rotatable bonds is 6. The topological polar surface area (TPSA) is 79.2 Å². The molecule has 0 spiro atoms. The van der Waals surface area contributed by atoms with Crippen LogP contribution in [0, 0.1) is 11.3 Å². The van der Waals surface area contributed by atoms with Gasteiger partial charge in [-0.3, -0.25) is 4.79 Å². The van der Waals surface area contributed by atoms with Gasteiger partial charge in [0.05, 0.1) is 27.1 Å². The Morgan fingerprint density at radius 1 is 1.17 bits per heavy atom. The van der Waals surface area contributed by atoms with E-state index in [0.29, 0.717) is 21.4 Å². The van der Waals surface area contributed by atoms with Gasteiger partial charge >= 0.3 is 0 Å². The minimum atomic E-state index is -1.41. The van der Waals surface area contributed by atoms with Gasteiger partial charge in [-0.2, -0.15) is 0 Å². The quantitative estimate of drug-likeness (QED) is 0.631. The first-order valence-electron chi connectivity index (χ1n) is 10.6. The second-order valence-corrected chi connectivity index (χ2v) is 10.7. The van der Waals surface area contributed by atoms with E-state index >= 15 is 0 Å². The maximum Gasteiger partial charge on any atom is 0.247 e. The number of nitrogens with zero attached hydrogens (tertiary/aromatic N) is 1. The third kappa shape index (κ3) is 5.22. The molecule has 0 amide bonds. The van der Waals surface area contributed by atoms with Crippen molar-refractivity contribution >= 4 is 22.2 Å². The highest BCUT2D eigenvalue weighted by Crippen LogP contribution is 2.37. The summed E-state index contributed by atoms with van der Waals surface area (Å²) in [5, 5.41) is 0. The van der Waals surface area contributed by atoms with Gasteiger partial charge in [0.1, 0.15) is 0 Å². The molecular weight excluding hydrogens is 394 g/mol. The van der Waals surface area contributed by atoms with Crippen LogP contribution < -0.4 is 16.2 Å². The number of benzene rings is 1. The number of allylic oxidation sites excluding steroid dienone is 1. The van der Waals surface area contributed by atoms with Gasteiger partial charge in [0.15, 0.2) is 0 Å².